The number of anilines is 2. The van der Waals surface area contributed by atoms with Crippen molar-refractivity contribution in [1.82, 2.24) is 15.3 Å². The SMILES string of the molecule is COc1cc2ncnc(Nc3cccc(Cl)c3F)c2cc1OC(C)C1CCNC(C(=O)OC(C)(C)C)C1. The average molecular weight is 531 g/mol. The Balaban J connectivity index is 1.57. The molecule has 37 heavy (non-hydrogen) atoms. The number of piperidine rings is 1. The molecule has 0 bridgehead atoms. The quantitative estimate of drug-likeness (QED) is 0.378. The van der Waals surface area contributed by atoms with Gasteiger partial charge in [0.15, 0.2) is 17.3 Å². The van der Waals surface area contributed by atoms with Crippen molar-refractivity contribution in [1.29, 1.82) is 0 Å². The first kappa shape index (κ1) is 26.9. The molecular weight excluding hydrogens is 499 g/mol. The maximum atomic E-state index is 14.5. The second-order valence-electron chi connectivity index (χ2n) is 10.1. The van der Waals surface area contributed by atoms with Crippen LogP contribution in [0.2, 0.25) is 5.02 Å². The van der Waals surface area contributed by atoms with Crippen LogP contribution in [0.15, 0.2) is 36.7 Å². The van der Waals surface area contributed by atoms with Crippen LogP contribution in [0, 0.1) is 11.7 Å². The van der Waals surface area contributed by atoms with E-state index in [9.17, 15) is 9.18 Å². The van der Waals surface area contributed by atoms with Crippen molar-refractivity contribution in [2.75, 3.05) is 19.0 Å². The third-order valence-electron chi connectivity index (χ3n) is 6.24. The molecule has 1 fully saturated rings. The number of fused-ring (bicyclic) bond motifs is 1. The van der Waals surface area contributed by atoms with Gasteiger partial charge in [-0.3, -0.25) is 4.79 Å². The molecule has 0 radical (unpaired) electrons. The molecule has 1 aliphatic heterocycles. The van der Waals surface area contributed by atoms with E-state index in [1.807, 2.05) is 27.7 Å². The Morgan fingerprint density at radius 2 is 2.03 bits per heavy atom. The Morgan fingerprint density at radius 3 is 2.76 bits per heavy atom. The Morgan fingerprint density at radius 1 is 1.24 bits per heavy atom. The molecule has 0 aliphatic carbocycles. The first-order valence-corrected chi connectivity index (χ1v) is 12.6. The summed E-state index contributed by atoms with van der Waals surface area (Å²) in [6.45, 7) is 8.24. The van der Waals surface area contributed by atoms with E-state index in [1.54, 1.807) is 31.4 Å². The van der Waals surface area contributed by atoms with Crippen molar-refractivity contribution in [3.63, 3.8) is 0 Å². The largest absolute Gasteiger partial charge is 0.493 e. The third-order valence-corrected chi connectivity index (χ3v) is 6.53. The zero-order valence-corrected chi connectivity index (χ0v) is 22.4. The van der Waals surface area contributed by atoms with Crippen molar-refractivity contribution in [2.24, 2.45) is 5.92 Å². The summed E-state index contributed by atoms with van der Waals surface area (Å²) in [5, 5.41) is 6.90. The van der Waals surface area contributed by atoms with Gasteiger partial charge < -0.3 is 24.8 Å². The molecule has 1 saturated heterocycles. The van der Waals surface area contributed by atoms with Gasteiger partial charge in [-0.25, -0.2) is 14.4 Å². The molecule has 3 unspecified atom stereocenters. The summed E-state index contributed by atoms with van der Waals surface area (Å²) >= 11 is 5.94. The highest BCUT2D eigenvalue weighted by atomic mass is 35.5. The highest BCUT2D eigenvalue weighted by molar-refractivity contribution is 6.31. The van der Waals surface area contributed by atoms with E-state index in [0.29, 0.717) is 41.2 Å². The second-order valence-corrected chi connectivity index (χ2v) is 10.5. The van der Waals surface area contributed by atoms with Crippen LogP contribution < -0.4 is 20.1 Å². The lowest BCUT2D eigenvalue weighted by molar-refractivity contribution is -0.158. The highest BCUT2D eigenvalue weighted by Gasteiger charge is 2.33. The molecule has 10 heteroatoms. The fourth-order valence-electron chi connectivity index (χ4n) is 4.37. The van der Waals surface area contributed by atoms with Crippen molar-refractivity contribution in [3.05, 3.63) is 47.5 Å². The number of nitrogens with zero attached hydrogens (tertiary/aromatic N) is 2. The number of nitrogens with one attached hydrogen (secondary N) is 2. The van der Waals surface area contributed by atoms with Crippen molar-refractivity contribution in [3.8, 4) is 11.5 Å². The molecular formula is C27H32ClFN4O4. The van der Waals surface area contributed by atoms with Gasteiger partial charge >= 0.3 is 5.97 Å². The van der Waals surface area contributed by atoms with Crippen molar-refractivity contribution < 1.29 is 23.4 Å². The molecule has 3 aromatic rings. The van der Waals surface area contributed by atoms with Gasteiger partial charge in [0.1, 0.15) is 23.8 Å². The monoisotopic (exact) mass is 530 g/mol. The molecule has 0 amide bonds. The number of esters is 1. The molecule has 2 N–H and O–H groups in total. The van der Waals surface area contributed by atoms with E-state index in [2.05, 4.69) is 20.6 Å². The maximum absolute atomic E-state index is 14.5. The first-order valence-electron chi connectivity index (χ1n) is 12.2. The van der Waals surface area contributed by atoms with Crippen LogP contribution in [0.3, 0.4) is 0 Å². The number of hydrogen-bond donors (Lipinski definition) is 2. The molecule has 3 atom stereocenters. The molecule has 198 valence electrons. The van der Waals surface area contributed by atoms with Gasteiger partial charge in [-0.05, 0) is 71.2 Å². The summed E-state index contributed by atoms with van der Waals surface area (Å²) in [4.78, 5) is 21.3. The summed E-state index contributed by atoms with van der Waals surface area (Å²) < 4.78 is 32.0. The molecule has 8 nitrogen and oxygen atoms in total. The predicted molar refractivity (Wildman–Crippen MR) is 141 cm³/mol. The standard InChI is InChI=1S/C27H32ClFN4O4/c1-15(16-9-10-30-21(11-16)26(34)37-27(2,3)4)36-23-12-17-20(13-22(23)35-5)31-14-32-25(17)33-19-8-6-7-18(28)24(19)29/h6-8,12-16,21,30H,9-11H2,1-5H3,(H,31,32,33). The van der Waals surface area contributed by atoms with Gasteiger partial charge in [0.25, 0.3) is 0 Å². The molecule has 4 rings (SSSR count). The number of methoxy groups -OCH3 is 1. The van der Waals surface area contributed by atoms with Gasteiger partial charge in [0, 0.05) is 11.5 Å². The summed E-state index contributed by atoms with van der Waals surface area (Å²) in [5.74, 6) is 0.700. The van der Waals surface area contributed by atoms with Crippen LogP contribution in [0.5, 0.6) is 11.5 Å². The third kappa shape index (κ3) is 6.40. The van der Waals surface area contributed by atoms with Crippen LogP contribution in [-0.2, 0) is 9.53 Å². The van der Waals surface area contributed by atoms with Crippen LogP contribution in [-0.4, -0.2) is 47.3 Å². The van der Waals surface area contributed by atoms with Gasteiger partial charge in [-0.15, -0.1) is 0 Å². The predicted octanol–water partition coefficient (Wildman–Crippen LogP) is 5.65. The van der Waals surface area contributed by atoms with E-state index in [-0.39, 0.29) is 34.7 Å². The topological polar surface area (TPSA) is 94.6 Å². The maximum Gasteiger partial charge on any atom is 0.323 e. The first-order chi connectivity index (χ1) is 17.6. The number of halogens is 2. The fraction of sp³-hybridized carbons (Fsp3) is 0.444. The fourth-order valence-corrected chi connectivity index (χ4v) is 4.54. The molecule has 0 saturated carbocycles. The lowest BCUT2D eigenvalue weighted by Gasteiger charge is -2.34. The van der Waals surface area contributed by atoms with Gasteiger partial charge in [-0.1, -0.05) is 17.7 Å². The minimum atomic E-state index is -0.569. The zero-order chi connectivity index (χ0) is 26.7. The van der Waals surface area contributed by atoms with Gasteiger partial charge in [0.05, 0.1) is 29.4 Å². The molecule has 2 aromatic carbocycles. The Labute approximate surface area is 220 Å². The lowest BCUT2D eigenvalue weighted by Crippen LogP contribution is -2.48. The summed E-state index contributed by atoms with van der Waals surface area (Å²) in [6, 6.07) is 7.86. The van der Waals surface area contributed by atoms with E-state index >= 15 is 0 Å². The molecule has 0 spiro atoms. The van der Waals surface area contributed by atoms with Gasteiger partial charge in [0.2, 0.25) is 0 Å². The lowest BCUT2D eigenvalue weighted by atomic mass is 9.88. The Bertz CT molecular complexity index is 1280. The zero-order valence-electron chi connectivity index (χ0n) is 21.6. The van der Waals surface area contributed by atoms with Crippen LogP contribution in [0.25, 0.3) is 10.9 Å². The number of rotatable bonds is 7. The highest BCUT2D eigenvalue weighted by Crippen LogP contribution is 2.37. The smallest absolute Gasteiger partial charge is 0.323 e. The normalized spacial score (nSPS) is 18.8. The van der Waals surface area contributed by atoms with Crippen LogP contribution in [0.1, 0.15) is 40.5 Å². The van der Waals surface area contributed by atoms with Crippen molar-refractivity contribution >= 4 is 40.0 Å². The summed E-state index contributed by atoms with van der Waals surface area (Å²) in [5.41, 5.74) is 0.249. The number of aromatic nitrogens is 2. The Kier molecular flexibility index (Phi) is 8.04. The number of carbonyl (C=O) groups is 1. The van der Waals surface area contributed by atoms with Gasteiger partial charge in [-0.2, -0.15) is 0 Å². The van der Waals surface area contributed by atoms with Crippen LogP contribution >= 0.6 is 11.6 Å². The van der Waals surface area contributed by atoms with Crippen molar-refractivity contribution in [2.45, 2.75) is 58.3 Å². The van der Waals surface area contributed by atoms with E-state index in [1.165, 1.54) is 12.4 Å². The minimum absolute atomic E-state index is 0.00883. The summed E-state index contributed by atoms with van der Waals surface area (Å²) in [7, 11) is 1.56. The number of hydrogen-bond acceptors (Lipinski definition) is 8. The van der Waals surface area contributed by atoms with Crippen LogP contribution in [0.4, 0.5) is 15.9 Å². The Hall–Kier alpha value is -3.17. The number of benzene rings is 2. The van der Waals surface area contributed by atoms with E-state index < -0.39 is 11.4 Å². The molecule has 1 aromatic heterocycles. The van der Waals surface area contributed by atoms with E-state index in [4.69, 9.17) is 25.8 Å². The summed E-state index contributed by atoms with van der Waals surface area (Å²) in [6.07, 6.45) is 2.61. The number of carbonyl (C=O) groups excluding carboxylic acids is 1. The molecule has 1 aliphatic rings. The second kappa shape index (κ2) is 11.1. The minimum Gasteiger partial charge on any atom is -0.493 e. The molecule has 2 heterocycles. The van der Waals surface area contributed by atoms with E-state index in [0.717, 1.165) is 6.42 Å². The number of ether oxygens (including phenoxy) is 3. The average Bonchev–Trinajstić information content (AvgIpc) is 2.85.